The highest BCUT2D eigenvalue weighted by Gasteiger charge is 2.39. The fourth-order valence-corrected chi connectivity index (χ4v) is 1.64. The number of aliphatic hydroxyl groups excluding tert-OH is 1. The fraction of sp³-hybridized carbons (Fsp3) is 0.385. The highest BCUT2D eigenvalue weighted by atomic mass is 16.6. The Morgan fingerprint density at radius 2 is 1.71 bits per heavy atom. The van der Waals surface area contributed by atoms with Crippen LogP contribution < -0.4 is 0 Å². The normalized spacial score (nSPS) is 25.1. The molecule has 8 heteroatoms. The highest BCUT2D eigenvalue weighted by molar-refractivity contribution is 6.33. The van der Waals surface area contributed by atoms with Gasteiger partial charge in [-0.3, -0.25) is 9.59 Å². The Bertz CT molecular complexity index is 514. The molecule has 0 saturated carbocycles. The molecule has 0 aliphatic heterocycles. The van der Waals surface area contributed by atoms with Gasteiger partial charge in [-0.25, -0.2) is 9.59 Å². The Labute approximate surface area is 119 Å². The summed E-state index contributed by atoms with van der Waals surface area (Å²) >= 11 is 0. The van der Waals surface area contributed by atoms with Crippen molar-refractivity contribution in [2.45, 2.75) is 25.6 Å². The number of ketones is 1. The van der Waals surface area contributed by atoms with E-state index < -0.39 is 47.7 Å². The number of aliphatic carboxylic acids is 2. The zero-order valence-electron chi connectivity index (χ0n) is 11.1. The third kappa shape index (κ3) is 3.99. The predicted octanol–water partition coefficient (Wildman–Crippen LogP) is -0.480. The van der Waals surface area contributed by atoms with Crippen molar-refractivity contribution >= 4 is 23.7 Å². The van der Waals surface area contributed by atoms with Crippen LogP contribution in [0.1, 0.15) is 13.3 Å². The van der Waals surface area contributed by atoms with E-state index in [0.29, 0.717) is 0 Å². The SMILES string of the molecule is C[C@@H](O)C(=O)OC1C=CC(CC(=O)C(=O)O)(C(=O)O)C=C1. The van der Waals surface area contributed by atoms with Gasteiger partial charge < -0.3 is 20.1 Å². The minimum Gasteiger partial charge on any atom is -0.480 e. The van der Waals surface area contributed by atoms with E-state index >= 15 is 0 Å². The molecule has 3 N–H and O–H groups in total. The molecule has 0 spiro atoms. The van der Waals surface area contributed by atoms with Gasteiger partial charge in [0.25, 0.3) is 0 Å². The van der Waals surface area contributed by atoms with Gasteiger partial charge in [-0.15, -0.1) is 0 Å². The van der Waals surface area contributed by atoms with Crippen LogP contribution in [0.15, 0.2) is 24.3 Å². The predicted molar refractivity (Wildman–Crippen MR) is 67.2 cm³/mol. The van der Waals surface area contributed by atoms with Crippen LogP contribution in [-0.4, -0.2) is 51.2 Å². The zero-order valence-corrected chi connectivity index (χ0v) is 11.1. The van der Waals surface area contributed by atoms with E-state index in [4.69, 9.17) is 14.9 Å². The first-order valence-electron chi connectivity index (χ1n) is 5.95. The smallest absolute Gasteiger partial charge is 0.372 e. The first-order chi connectivity index (χ1) is 9.68. The molecule has 8 nitrogen and oxygen atoms in total. The number of hydrogen-bond donors (Lipinski definition) is 3. The van der Waals surface area contributed by atoms with Crippen molar-refractivity contribution in [2.24, 2.45) is 5.41 Å². The van der Waals surface area contributed by atoms with Crippen molar-refractivity contribution in [3.8, 4) is 0 Å². The van der Waals surface area contributed by atoms with Gasteiger partial charge in [0, 0.05) is 6.42 Å². The average molecular weight is 298 g/mol. The van der Waals surface area contributed by atoms with Crippen molar-refractivity contribution in [1.82, 2.24) is 0 Å². The number of carbonyl (C=O) groups is 4. The summed E-state index contributed by atoms with van der Waals surface area (Å²) in [4.78, 5) is 44.2. The Morgan fingerprint density at radius 3 is 2.10 bits per heavy atom. The van der Waals surface area contributed by atoms with E-state index in [1.165, 1.54) is 19.1 Å². The number of rotatable bonds is 6. The number of hydrogen-bond acceptors (Lipinski definition) is 6. The lowest BCUT2D eigenvalue weighted by atomic mass is 9.79. The topological polar surface area (TPSA) is 138 Å². The number of esters is 1. The molecule has 0 aromatic carbocycles. The molecule has 0 amide bonds. The molecule has 1 aliphatic carbocycles. The Kier molecular flexibility index (Phi) is 4.98. The maximum atomic E-state index is 11.3. The summed E-state index contributed by atoms with van der Waals surface area (Å²) in [5.41, 5.74) is -1.79. The Hall–Kier alpha value is -2.48. The third-order valence-corrected chi connectivity index (χ3v) is 2.85. The summed E-state index contributed by atoms with van der Waals surface area (Å²) in [7, 11) is 0. The Balaban J connectivity index is 2.86. The molecule has 1 aliphatic rings. The van der Waals surface area contributed by atoms with Gasteiger partial charge in [0.1, 0.15) is 17.6 Å². The summed E-state index contributed by atoms with van der Waals surface area (Å²) in [5.74, 6) is -5.25. The molecule has 1 atom stereocenters. The van der Waals surface area contributed by atoms with Crippen LogP contribution in [0.4, 0.5) is 0 Å². The second-order valence-electron chi connectivity index (χ2n) is 4.55. The number of ether oxygens (including phenoxy) is 1. The fourth-order valence-electron chi connectivity index (χ4n) is 1.64. The monoisotopic (exact) mass is 298 g/mol. The minimum atomic E-state index is -1.79. The summed E-state index contributed by atoms with van der Waals surface area (Å²) in [6, 6.07) is 0. The van der Waals surface area contributed by atoms with Gasteiger partial charge in [-0.05, 0) is 19.1 Å². The molecule has 0 aromatic heterocycles. The number of carboxylic acids is 2. The summed E-state index contributed by atoms with van der Waals surface area (Å²) in [6.45, 7) is 1.21. The van der Waals surface area contributed by atoms with Crippen LogP contribution in [0.5, 0.6) is 0 Å². The van der Waals surface area contributed by atoms with E-state index in [2.05, 4.69) is 0 Å². The van der Waals surface area contributed by atoms with Crippen LogP contribution in [0.3, 0.4) is 0 Å². The summed E-state index contributed by atoms with van der Waals surface area (Å²) < 4.78 is 4.82. The first kappa shape index (κ1) is 16.6. The molecular formula is C13H14O8. The van der Waals surface area contributed by atoms with Crippen molar-refractivity contribution in [3.63, 3.8) is 0 Å². The third-order valence-electron chi connectivity index (χ3n) is 2.85. The maximum Gasteiger partial charge on any atom is 0.372 e. The minimum absolute atomic E-state index is 0.748. The molecule has 1 rings (SSSR count). The standard InChI is InChI=1S/C13H14O8/c1-7(14)11(18)21-8-2-4-13(5-3-8,12(19)20)6-9(15)10(16)17/h2-5,7-8,14H,6H2,1H3,(H,16,17)(H,19,20)/t7-,8?,13?/m1/s1. The van der Waals surface area contributed by atoms with Crippen molar-refractivity contribution in [2.75, 3.05) is 0 Å². The van der Waals surface area contributed by atoms with E-state index in [0.717, 1.165) is 12.2 Å². The lowest BCUT2D eigenvalue weighted by Crippen LogP contribution is -2.35. The van der Waals surface area contributed by atoms with Crippen LogP contribution in [0.2, 0.25) is 0 Å². The largest absolute Gasteiger partial charge is 0.480 e. The number of carbonyl (C=O) groups excluding carboxylic acids is 2. The first-order valence-corrected chi connectivity index (χ1v) is 5.95. The number of carboxylic acid groups (broad SMARTS) is 2. The van der Waals surface area contributed by atoms with Gasteiger partial charge in [0.15, 0.2) is 0 Å². The molecule has 0 heterocycles. The molecule has 0 unspecified atom stereocenters. The lowest BCUT2D eigenvalue weighted by Gasteiger charge is -2.25. The molecule has 0 bridgehead atoms. The van der Waals surface area contributed by atoms with E-state index in [1.54, 1.807) is 0 Å². The number of aliphatic hydroxyl groups is 1. The lowest BCUT2D eigenvalue weighted by molar-refractivity contribution is -0.154. The molecular weight excluding hydrogens is 284 g/mol. The van der Waals surface area contributed by atoms with Gasteiger partial charge in [-0.1, -0.05) is 12.2 Å². The van der Waals surface area contributed by atoms with Gasteiger partial charge >= 0.3 is 17.9 Å². The highest BCUT2D eigenvalue weighted by Crippen LogP contribution is 2.31. The molecule has 0 saturated heterocycles. The van der Waals surface area contributed by atoms with E-state index in [-0.39, 0.29) is 0 Å². The second-order valence-corrected chi connectivity index (χ2v) is 4.55. The van der Waals surface area contributed by atoms with Crippen molar-refractivity contribution in [3.05, 3.63) is 24.3 Å². The van der Waals surface area contributed by atoms with Crippen LogP contribution in [0, 0.1) is 5.41 Å². The molecule has 21 heavy (non-hydrogen) atoms. The van der Waals surface area contributed by atoms with E-state index in [1.807, 2.05) is 0 Å². The van der Waals surface area contributed by atoms with Crippen LogP contribution >= 0.6 is 0 Å². The Morgan fingerprint density at radius 1 is 1.19 bits per heavy atom. The summed E-state index contributed by atoms with van der Waals surface area (Å²) in [5, 5.41) is 26.7. The quantitative estimate of drug-likeness (QED) is 0.339. The number of Topliss-reactive ketones (excluding diaryl/α,β-unsaturated/α-hetero) is 1. The molecule has 0 radical (unpaired) electrons. The van der Waals surface area contributed by atoms with Gasteiger partial charge in [0.2, 0.25) is 5.78 Å². The van der Waals surface area contributed by atoms with Gasteiger partial charge in [-0.2, -0.15) is 0 Å². The molecule has 0 fully saturated rings. The van der Waals surface area contributed by atoms with Crippen LogP contribution in [-0.2, 0) is 23.9 Å². The van der Waals surface area contributed by atoms with E-state index in [9.17, 15) is 24.3 Å². The molecule has 114 valence electrons. The van der Waals surface area contributed by atoms with Crippen molar-refractivity contribution < 1.29 is 39.2 Å². The average Bonchev–Trinajstić information content (AvgIpc) is 2.40. The van der Waals surface area contributed by atoms with Crippen molar-refractivity contribution in [1.29, 1.82) is 0 Å². The second kappa shape index (κ2) is 6.31. The van der Waals surface area contributed by atoms with Crippen LogP contribution in [0.25, 0.3) is 0 Å². The maximum absolute atomic E-state index is 11.3. The van der Waals surface area contributed by atoms with Gasteiger partial charge in [0.05, 0.1) is 0 Å². The zero-order chi connectivity index (χ0) is 16.2. The summed E-state index contributed by atoms with van der Waals surface area (Å²) in [6.07, 6.45) is 1.65. The molecule has 0 aromatic rings.